The topological polar surface area (TPSA) is 50.2 Å². The zero-order valence-electron chi connectivity index (χ0n) is 32.7. The molecule has 0 saturated heterocycles. The van der Waals surface area contributed by atoms with Gasteiger partial charge in [0, 0.05) is 32.8 Å². The SMILES string of the molecule is C=NC(=NC(=NCc1cccc(-c2cc3c4cccc(-c5ccc6c7ccccc7c7ccccc7c6c5)c4oc3c3ccccc23)c1)c1ccccc1)c1ccccc1. The zero-order chi connectivity index (χ0) is 40.0. The summed E-state index contributed by atoms with van der Waals surface area (Å²) in [7, 11) is 0. The average Bonchev–Trinajstić information content (AvgIpc) is 3.71. The summed E-state index contributed by atoms with van der Waals surface area (Å²) in [5.41, 5.74) is 9.12. The van der Waals surface area contributed by atoms with Gasteiger partial charge in [0.05, 0.1) is 6.54 Å². The predicted molar refractivity (Wildman–Crippen MR) is 254 cm³/mol. The van der Waals surface area contributed by atoms with Crippen molar-refractivity contribution in [2.75, 3.05) is 0 Å². The lowest BCUT2D eigenvalue weighted by Gasteiger charge is -2.12. The quantitative estimate of drug-likeness (QED) is 0.0944. The lowest BCUT2D eigenvalue weighted by atomic mass is 9.91. The minimum atomic E-state index is 0.440. The monoisotopic (exact) mass is 767 g/mol. The minimum Gasteiger partial charge on any atom is -0.455 e. The van der Waals surface area contributed by atoms with Gasteiger partial charge in [0.25, 0.3) is 0 Å². The molecule has 10 aromatic carbocycles. The first-order chi connectivity index (χ1) is 29.7. The first-order valence-electron chi connectivity index (χ1n) is 20.2. The van der Waals surface area contributed by atoms with Gasteiger partial charge in [-0.05, 0) is 84.9 Å². The zero-order valence-corrected chi connectivity index (χ0v) is 32.7. The molecule has 0 aliphatic heterocycles. The molecular weight excluding hydrogens is 731 g/mol. The standard InChI is InChI=1S/C56H37N3O/c1-57-55(37-17-4-2-5-18-37)59-56(38-19-6-3-7-20-38)58-35-36-16-14-21-39(32-36)50-34-52-49-29-15-28-41(53(49)60-54(52)48-27-13-12-26-46(48)50)40-30-31-47-44-24-9-8-22-42(44)43-23-10-11-25-45(43)51(47)33-40/h2-34H,1,35H2. The number of hydrogen-bond donors (Lipinski definition) is 0. The second-order valence-corrected chi connectivity index (χ2v) is 15.1. The van der Waals surface area contributed by atoms with Gasteiger partial charge in [0.2, 0.25) is 0 Å². The van der Waals surface area contributed by atoms with E-state index in [1.807, 2.05) is 60.7 Å². The molecule has 282 valence electrons. The molecule has 60 heavy (non-hydrogen) atoms. The van der Waals surface area contributed by atoms with E-state index in [0.717, 1.165) is 71.7 Å². The summed E-state index contributed by atoms with van der Waals surface area (Å²) in [5, 5.41) is 11.9. The molecule has 0 bridgehead atoms. The van der Waals surface area contributed by atoms with Crippen molar-refractivity contribution in [3.05, 3.63) is 217 Å². The summed E-state index contributed by atoms with van der Waals surface area (Å²) in [6, 6.07) is 70.3. The van der Waals surface area contributed by atoms with Gasteiger partial charge in [-0.25, -0.2) is 9.98 Å². The van der Waals surface area contributed by atoms with E-state index in [4.69, 9.17) is 14.4 Å². The van der Waals surface area contributed by atoms with E-state index in [0.29, 0.717) is 18.2 Å². The second-order valence-electron chi connectivity index (χ2n) is 15.1. The van der Waals surface area contributed by atoms with Gasteiger partial charge in [0.15, 0.2) is 11.7 Å². The number of amidine groups is 2. The summed E-state index contributed by atoms with van der Waals surface area (Å²) in [6.45, 7) is 4.26. The van der Waals surface area contributed by atoms with Crippen LogP contribution >= 0.6 is 0 Å². The molecule has 1 heterocycles. The van der Waals surface area contributed by atoms with Crippen molar-refractivity contribution < 1.29 is 4.42 Å². The van der Waals surface area contributed by atoms with Crippen LogP contribution in [-0.4, -0.2) is 18.4 Å². The molecule has 0 fully saturated rings. The Bertz CT molecular complexity index is 3490. The fourth-order valence-corrected chi connectivity index (χ4v) is 8.82. The van der Waals surface area contributed by atoms with Crippen LogP contribution in [0.25, 0.3) is 87.3 Å². The number of rotatable bonds is 6. The number of hydrogen-bond acceptors (Lipinski definition) is 2. The Morgan fingerprint density at radius 3 is 1.60 bits per heavy atom. The summed E-state index contributed by atoms with van der Waals surface area (Å²) in [6.07, 6.45) is 0. The largest absolute Gasteiger partial charge is 0.455 e. The van der Waals surface area contributed by atoms with Crippen LogP contribution in [-0.2, 0) is 6.54 Å². The van der Waals surface area contributed by atoms with Gasteiger partial charge in [0.1, 0.15) is 11.2 Å². The summed E-state index contributed by atoms with van der Waals surface area (Å²) < 4.78 is 6.97. The number of aliphatic imine (C=N–C) groups is 3. The highest BCUT2D eigenvalue weighted by atomic mass is 16.3. The highest BCUT2D eigenvalue weighted by Gasteiger charge is 2.19. The van der Waals surface area contributed by atoms with Crippen molar-refractivity contribution in [1.82, 2.24) is 0 Å². The molecule has 11 rings (SSSR count). The van der Waals surface area contributed by atoms with Gasteiger partial charge in [-0.15, -0.1) is 0 Å². The highest BCUT2D eigenvalue weighted by molar-refractivity contribution is 6.26. The van der Waals surface area contributed by atoms with Gasteiger partial charge in [-0.3, -0.25) is 4.99 Å². The van der Waals surface area contributed by atoms with Crippen molar-refractivity contribution in [2.24, 2.45) is 15.0 Å². The first-order valence-corrected chi connectivity index (χ1v) is 20.2. The fraction of sp³-hybridized carbons (Fsp3) is 0.0179. The molecule has 0 unspecified atom stereocenters. The molecule has 0 amide bonds. The molecule has 0 aliphatic rings. The Balaban J connectivity index is 1.03. The smallest absolute Gasteiger partial charge is 0.161 e. The van der Waals surface area contributed by atoms with Crippen molar-refractivity contribution in [3.63, 3.8) is 0 Å². The lowest BCUT2D eigenvalue weighted by molar-refractivity contribution is 0.674. The van der Waals surface area contributed by atoms with Gasteiger partial charge in [-0.1, -0.05) is 182 Å². The number of para-hydroxylation sites is 1. The molecule has 0 aliphatic carbocycles. The molecule has 4 heteroatoms. The van der Waals surface area contributed by atoms with Crippen molar-refractivity contribution >= 4 is 83.4 Å². The highest BCUT2D eigenvalue weighted by Crippen LogP contribution is 2.44. The van der Waals surface area contributed by atoms with E-state index >= 15 is 0 Å². The Labute approximate surface area is 347 Å². The molecular formula is C56H37N3O. The van der Waals surface area contributed by atoms with E-state index in [9.17, 15) is 0 Å². The number of fused-ring (bicyclic) bond motifs is 11. The number of furan rings is 1. The Kier molecular flexibility index (Phi) is 8.67. The molecule has 11 aromatic rings. The summed E-state index contributed by atoms with van der Waals surface area (Å²) in [4.78, 5) is 14.3. The van der Waals surface area contributed by atoms with Crippen LogP contribution in [0.2, 0.25) is 0 Å². The molecule has 0 radical (unpaired) electrons. The lowest BCUT2D eigenvalue weighted by Crippen LogP contribution is -2.05. The summed E-state index contributed by atoms with van der Waals surface area (Å²) >= 11 is 0. The van der Waals surface area contributed by atoms with Gasteiger partial charge >= 0.3 is 0 Å². The summed E-state index contributed by atoms with van der Waals surface area (Å²) in [5.74, 6) is 1.14. The van der Waals surface area contributed by atoms with Crippen LogP contribution in [0, 0.1) is 0 Å². The Morgan fingerprint density at radius 1 is 0.383 bits per heavy atom. The third kappa shape index (κ3) is 6.05. The molecule has 0 N–H and O–H groups in total. The third-order valence-electron chi connectivity index (χ3n) is 11.6. The molecule has 0 saturated carbocycles. The van der Waals surface area contributed by atoms with Crippen LogP contribution in [0.4, 0.5) is 0 Å². The van der Waals surface area contributed by atoms with E-state index < -0.39 is 0 Å². The van der Waals surface area contributed by atoms with Crippen LogP contribution in [0.5, 0.6) is 0 Å². The minimum absolute atomic E-state index is 0.440. The van der Waals surface area contributed by atoms with Crippen molar-refractivity contribution in [3.8, 4) is 22.3 Å². The Hall–Kier alpha value is -7.95. The first kappa shape index (κ1) is 35.2. The molecule has 0 spiro atoms. The fourth-order valence-electron chi connectivity index (χ4n) is 8.82. The number of benzene rings is 10. The van der Waals surface area contributed by atoms with E-state index in [2.05, 4.69) is 151 Å². The van der Waals surface area contributed by atoms with Gasteiger partial charge < -0.3 is 4.42 Å². The molecule has 0 atom stereocenters. The van der Waals surface area contributed by atoms with E-state index in [1.165, 1.54) is 32.3 Å². The van der Waals surface area contributed by atoms with E-state index in [1.54, 1.807) is 0 Å². The van der Waals surface area contributed by atoms with Crippen LogP contribution in [0.3, 0.4) is 0 Å². The normalized spacial score (nSPS) is 12.3. The van der Waals surface area contributed by atoms with Crippen LogP contribution < -0.4 is 0 Å². The van der Waals surface area contributed by atoms with Crippen LogP contribution in [0.15, 0.2) is 220 Å². The van der Waals surface area contributed by atoms with Crippen molar-refractivity contribution in [2.45, 2.75) is 6.54 Å². The predicted octanol–water partition coefficient (Wildman–Crippen LogP) is 14.6. The van der Waals surface area contributed by atoms with Crippen LogP contribution in [0.1, 0.15) is 16.7 Å². The Morgan fingerprint density at radius 2 is 0.917 bits per heavy atom. The van der Waals surface area contributed by atoms with Gasteiger partial charge in [-0.2, -0.15) is 0 Å². The molecule has 4 nitrogen and oxygen atoms in total. The average molecular weight is 768 g/mol. The van der Waals surface area contributed by atoms with Crippen molar-refractivity contribution in [1.29, 1.82) is 0 Å². The maximum absolute atomic E-state index is 6.97. The van der Waals surface area contributed by atoms with E-state index in [-0.39, 0.29) is 0 Å². The number of nitrogens with zero attached hydrogens (tertiary/aromatic N) is 3. The third-order valence-corrected chi connectivity index (χ3v) is 11.6. The molecule has 1 aromatic heterocycles. The second kappa shape index (κ2) is 14.8. The maximum Gasteiger partial charge on any atom is 0.161 e. The maximum atomic E-state index is 6.97.